The molecular formula is C22H25N3O5. The van der Waals surface area contributed by atoms with E-state index in [1.807, 2.05) is 60.7 Å². The van der Waals surface area contributed by atoms with Gasteiger partial charge in [-0.25, -0.2) is 0 Å². The Hall–Kier alpha value is -2.90. The van der Waals surface area contributed by atoms with Gasteiger partial charge in [0.15, 0.2) is 0 Å². The molecule has 2 aromatic rings. The van der Waals surface area contributed by atoms with Crippen LogP contribution < -0.4 is 0 Å². The van der Waals surface area contributed by atoms with E-state index in [2.05, 4.69) is 10.0 Å². The second-order valence-corrected chi connectivity index (χ2v) is 7.17. The summed E-state index contributed by atoms with van der Waals surface area (Å²) in [4.78, 5) is 14.2. The number of aliphatic hydroxyl groups excluding tert-OH is 1. The Balaban J connectivity index is 1.80. The first-order valence-electron chi connectivity index (χ1n) is 9.77. The highest BCUT2D eigenvalue weighted by atomic mass is 16.6. The highest BCUT2D eigenvalue weighted by Gasteiger charge is 2.51. The Morgan fingerprint density at radius 1 is 1.00 bits per heavy atom. The van der Waals surface area contributed by atoms with Crippen LogP contribution in [0.5, 0.6) is 0 Å². The maximum atomic E-state index is 11.4. The molecule has 0 unspecified atom stereocenters. The molecule has 5 atom stereocenters. The zero-order valence-electron chi connectivity index (χ0n) is 16.7. The monoisotopic (exact) mass is 411 g/mol. The number of azide groups is 1. The number of carbonyl (C=O) groups is 1. The predicted octanol–water partition coefficient (Wildman–Crippen LogP) is 3.39. The minimum Gasteiger partial charge on any atom is -0.465 e. The number of hydrogen-bond donors (Lipinski definition) is 1. The molecule has 3 rings (SSSR count). The molecule has 8 heteroatoms. The first kappa shape index (κ1) is 21.8. The van der Waals surface area contributed by atoms with Gasteiger partial charge in [0.25, 0.3) is 0 Å². The minimum absolute atomic E-state index is 0.0409. The molecule has 0 aromatic heterocycles. The van der Waals surface area contributed by atoms with Crippen molar-refractivity contribution in [2.24, 2.45) is 11.0 Å². The van der Waals surface area contributed by atoms with Crippen molar-refractivity contribution >= 4 is 5.97 Å². The van der Waals surface area contributed by atoms with Crippen molar-refractivity contribution in [1.29, 1.82) is 0 Å². The fourth-order valence-electron chi connectivity index (χ4n) is 3.65. The molecule has 1 saturated carbocycles. The number of nitrogens with zero attached hydrogens (tertiary/aromatic N) is 3. The van der Waals surface area contributed by atoms with Crippen LogP contribution in [-0.4, -0.2) is 42.0 Å². The molecule has 30 heavy (non-hydrogen) atoms. The van der Waals surface area contributed by atoms with Crippen molar-refractivity contribution in [3.05, 3.63) is 82.2 Å². The highest BCUT2D eigenvalue weighted by molar-refractivity contribution is 5.65. The van der Waals surface area contributed by atoms with Crippen LogP contribution >= 0.6 is 0 Å². The van der Waals surface area contributed by atoms with Gasteiger partial charge in [-0.3, -0.25) is 4.79 Å². The maximum Gasteiger partial charge on any atom is 0.302 e. The SMILES string of the molecule is CC(=O)OC[C@@H]1[C@H](N=[N+]=[N-])[C@@H](O)[C@H](OCc2ccccc2)[C@@H]1OCc1ccccc1. The smallest absolute Gasteiger partial charge is 0.302 e. The zero-order chi connectivity index (χ0) is 21.3. The molecule has 0 bridgehead atoms. The molecule has 0 heterocycles. The maximum absolute atomic E-state index is 11.4. The topological polar surface area (TPSA) is 114 Å². The lowest BCUT2D eigenvalue weighted by Crippen LogP contribution is -2.37. The van der Waals surface area contributed by atoms with Crippen molar-refractivity contribution in [1.82, 2.24) is 0 Å². The van der Waals surface area contributed by atoms with Crippen molar-refractivity contribution in [3.63, 3.8) is 0 Å². The van der Waals surface area contributed by atoms with E-state index in [0.29, 0.717) is 0 Å². The molecule has 8 nitrogen and oxygen atoms in total. The van der Waals surface area contributed by atoms with E-state index in [1.165, 1.54) is 6.92 Å². The van der Waals surface area contributed by atoms with Crippen LogP contribution in [0.15, 0.2) is 65.8 Å². The summed E-state index contributed by atoms with van der Waals surface area (Å²) in [6.07, 6.45) is -2.46. The molecule has 1 aliphatic carbocycles. The number of benzene rings is 2. The Kier molecular flexibility index (Phi) is 7.82. The number of ether oxygens (including phenoxy) is 3. The lowest BCUT2D eigenvalue weighted by molar-refractivity contribution is -0.146. The molecule has 158 valence electrons. The summed E-state index contributed by atoms with van der Waals surface area (Å²) in [5.74, 6) is -0.996. The number of esters is 1. The van der Waals surface area contributed by atoms with Crippen molar-refractivity contribution in [2.45, 2.75) is 44.5 Å². The summed E-state index contributed by atoms with van der Waals surface area (Å²) in [5.41, 5.74) is 10.9. The molecule has 2 aromatic carbocycles. The normalized spacial score (nSPS) is 25.5. The third kappa shape index (κ3) is 5.58. The van der Waals surface area contributed by atoms with E-state index in [1.54, 1.807) is 0 Å². The van der Waals surface area contributed by atoms with Crippen LogP contribution in [-0.2, 0) is 32.2 Å². The largest absolute Gasteiger partial charge is 0.465 e. The first-order chi connectivity index (χ1) is 14.6. The highest BCUT2D eigenvalue weighted by Crippen LogP contribution is 2.35. The third-order valence-corrected chi connectivity index (χ3v) is 5.11. The van der Waals surface area contributed by atoms with E-state index in [9.17, 15) is 9.90 Å². The molecule has 1 aliphatic rings. The minimum atomic E-state index is -1.09. The number of carbonyl (C=O) groups excluding carboxylic acids is 1. The second kappa shape index (κ2) is 10.8. The van der Waals surface area contributed by atoms with Gasteiger partial charge in [0.05, 0.1) is 38.1 Å². The number of rotatable bonds is 9. The molecule has 0 amide bonds. The Morgan fingerprint density at radius 3 is 2.03 bits per heavy atom. The van der Waals surface area contributed by atoms with E-state index in [-0.39, 0.29) is 19.8 Å². The summed E-state index contributed by atoms with van der Waals surface area (Å²) in [6, 6.07) is 18.3. The van der Waals surface area contributed by atoms with Gasteiger partial charge in [0.2, 0.25) is 0 Å². The van der Waals surface area contributed by atoms with Gasteiger partial charge in [-0.2, -0.15) is 0 Å². The van der Waals surface area contributed by atoms with Gasteiger partial charge in [0, 0.05) is 17.8 Å². The summed E-state index contributed by atoms with van der Waals surface area (Å²) in [7, 11) is 0. The van der Waals surface area contributed by atoms with Gasteiger partial charge < -0.3 is 19.3 Å². The van der Waals surface area contributed by atoms with E-state index < -0.39 is 36.2 Å². The summed E-state index contributed by atoms with van der Waals surface area (Å²) >= 11 is 0. The molecule has 0 spiro atoms. The molecule has 1 fully saturated rings. The summed E-state index contributed by atoms with van der Waals surface area (Å²) < 4.78 is 17.3. The molecule has 0 saturated heterocycles. The molecule has 1 N–H and O–H groups in total. The van der Waals surface area contributed by atoms with E-state index in [0.717, 1.165) is 11.1 Å². The van der Waals surface area contributed by atoms with E-state index in [4.69, 9.17) is 19.7 Å². The predicted molar refractivity (Wildman–Crippen MR) is 109 cm³/mol. The Bertz CT molecular complexity index is 858. The van der Waals surface area contributed by atoms with Crippen LogP contribution in [0.2, 0.25) is 0 Å². The molecule has 0 aliphatic heterocycles. The average molecular weight is 411 g/mol. The van der Waals surface area contributed by atoms with Crippen LogP contribution in [0.3, 0.4) is 0 Å². The van der Waals surface area contributed by atoms with Gasteiger partial charge in [0.1, 0.15) is 6.10 Å². The zero-order valence-corrected chi connectivity index (χ0v) is 16.7. The van der Waals surface area contributed by atoms with Gasteiger partial charge >= 0.3 is 5.97 Å². The van der Waals surface area contributed by atoms with Crippen molar-refractivity contribution in [3.8, 4) is 0 Å². The van der Waals surface area contributed by atoms with Crippen molar-refractivity contribution in [2.75, 3.05) is 6.61 Å². The van der Waals surface area contributed by atoms with Gasteiger partial charge in [-0.1, -0.05) is 65.8 Å². The number of aliphatic hydroxyl groups is 1. The molecule has 0 radical (unpaired) electrons. The lowest BCUT2D eigenvalue weighted by atomic mass is 10.0. The fraction of sp³-hybridized carbons (Fsp3) is 0.409. The van der Waals surface area contributed by atoms with Crippen molar-refractivity contribution < 1.29 is 24.1 Å². The third-order valence-electron chi connectivity index (χ3n) is 5.11. The summed E-state index contributed by atoms with van der Waals surface area (Å²) in [6.45, 7) is 1.80. The van der Waals surface area contributed by atoms with Crippen LogP contribution in [0.1, 0.15) is 18.1 Å². The lowest BCUT2D eigenvalue weighted by Gasteiger charge is -2.26. The van der Waals surface area contributed by atoms with Crippen LogP contribution in [0, 0.1) is 5.92 Å². The van der Waals surface area contributed by atoms with E-state index >= 15 is 0 Å². The summed E-state index contributed by atoms with van der Waals surface area (Å²) in [5, 5.41) is 14.6. The first-order valence-corrected chi connectivity index (χ1v) is 9.77. The van der Waals surface area contributed by atoms with Gasteiger partial charge in [-0.05, 0) is 16.7 Å². The number of hydrogen-bond acceptors (Lipinski definition) is 6. The Morgan fingerprint density at radius 2 is 1.53 bits per heavy atom. The van der Waals surface area contributed by atoms with Gasteiger partial charge in [-0.15, -0.1) is 0 Å². The molecular weight excluding hydrogens is 386 g/mol. The Labute approximate surface area is 175 Å². The standard InChI is InChI=1S/C22H25N3O5/c1-15(26)28-14-18-19(24-25-23)20(27)22(30-13-17-10-6-3-7-11-17)21(18)29-12-16-8-4-2-5-9-16/h2-11,18-22,27H,12-14H2,1H3/t18-,19+,20-,21-,22+/m1/s1. The van der Waals surface area contributed by atoms with Crippen LogP contribution in [0.4, 0.5) is 0 Å². The fourth-order valence-corrected chi connectivity index (χ4v) is 3.65. The average Bonchev–Trinajstić information content (AvgIpc) is 3.01. The second-order valence-electron chi connectivity index (χ2n) is 7.17. The quantitative estimate of drug-likeness (QED) is 0.294. The van der Waals surface area contributed by atoms with Crippen LogP contribution in [0.25, 0.3) is 10.4 Å².